The summed E-state index contributed by atoms with van der Waals surface area (Å²) < 4.78 is 27.6. The Balaban J connectivity index is 1.57. The molecule has 0 fully saturated rings. The second-order valence-electron chi connectivity index (χ2n) is 7.87. The lowest BCUT2D eigenvalue weighted by molar-refractivity contribution is 0.1000. The summed E-state index contributed by atoms with van der Waals surface area (Å²) in [5, 5.41) is 3.25. The third kappa shape index (κ3) is 4.53. The first-order valence-electron chi connectivity index (χ1n) is 10.2. The van der Waals surface area contributed by atoms with E-state index in [9.17, 15) is 18.0 Å². The van der Waals surface area contributed by atoms with Gasteiger partial charge in [0.15, 0.2) is 0 Å². The minimum Gasteiger partial charge on any atom is -0.365 e. The summed E-state index contributed by atoms with van der Waals surface area (Å²) >= 11 is 1.38. The van der Waals surface area contributed by atoms with Crippen LogP contribution in [-0.4, -0.2) is 20.2 Å². The van der Waals surface area contributed by atoms with Crippen molar-refractivity contribution >= 4 is 43.9 Å². The fraction of sp³-hybridized carbons (Fsp3) is 0.217. The van der Waals surface area contributed by atoms with E-state index in [1.807, 2.05) is 0 Å². The molecule has 0 saturated carbocycles. The highest BCUT2D eigenvalue weighted by molar-refractivity contribution is 7.92. The zero-order valence-corrected chi connectivity index (χ0v) is 19.1. The van der Waals surface area contributed by atoms with E-state index in [0.29, 0.717) is 16.5 Å². The summed E-state index contributed by atoms with van der Waals surface area (Å²) in [7, 11) is -3.78. The average molecular weight is 470 g/mol. The lowest BCUT2D eigenvalue weighted by Gasteiger charge is -2.18. The van der Waals surface area contributed by atoms with E-state index in [0.717, 1.165) is 29.7 Å². The van der Waals surface area contributed by atoms with Gasteiger partial charge in [0.1, 0.15) is 5.00 Å². The van der Waals surface area contributed by atoms with Crippen LogP contribution >= 0.6 is 11.3 Å². The quantitative estimate of drug-likeness (QED) is 0.505. The normalized spacial score (nSPS) is 15.6. The number of hydrogen-bond acceptors (Lipinski definition) is 5. The molecule has 1 aliphatic rings. The summed E-state index contributed by atoms with van der Waals surface area (Å²) in [6, 6.07) is 14.2. The molecule has 4 N–H and O–H groups in total. The van der Waals surface area contributed by atoms with Gasteiger partial charge >= 0.3 is 0 Å². The van der Waals surface area contributed by atoms with Crippen LogP contribution in [0, 0.1) is 5.92 Å². The molecular weight excluding hydrogens is 446 g/mol. The summed E-state index contributed by atoms with van der Waals surface area (Å²) in [6.45, 7) is 2.16. The van der Waals surface area contributed by atoms with Gasteiger partial charge < -0.3 is 11.1 Å². The third-order valence-electron chi connectivity index (χ3n) is 5.42. The molecule has 3 aromatic rings. The minimum atomic E-state index is -3.78. The van der Waals surface area contributed by atoms with Gasteiger partial charge in [-0.2, -0.15) is 0 Å². The van der Waals surface area contributed by atoms with Crippen LogP contribution in [0.15, 0.2) is 59.5 Å². The van der Waals surface area contributed by atoms with Crippen molar-refractivity contribution in [1.29, 1.82) is 0 Å². The first-order valence-corrected chi connectivity index (χ1v) is 12.5. The molecule has 2 amide bonds. The zero-order valence-electron chi connectivity index (χ0n) is 17.4. The van der Waals surface area contributed by atoms with Crippen LogP contribution in [0.2, 0.25) is 0 Å². The van der Waals surface area contributed by atoms with Gasteiger partial charge in [-0.3, -0.25) is 14.3 Å². The van der Waals surface area contributed by atoms with Gasteiger partial charge in [-0.05, 0) is 61.1 Å². The maximum Gasteiger partial charge on any atom is 0.261 e. The monoisotopic (exact) mass is 469 g/mol. The van der Waals surface area contributed by atoms with Gasteiger partial charge in [0, 0.05) is 16.1 Å². The largest absolute Gasteiger partial charge is 0.365 e. The van der Waals surface area contributed by atoms with E-state index < -0.39 is 21.8 Å². The lowest BCUT2D eigenvalue weighted by atomic mass is 9.88. The predicted octanol–water partition coefficient (Wildman–Crippen LogP) is 4.02. The van der Waals surface area contributed by atoms with Gasteiger partial charge in [-0.15, -0.1) is 11.3 Å². The number of primary amides is 1. The third-order valence-corrected chi connectivity index (χ3v) is 7.98. The second-order valence-corrected chi connectivity index (χ2v) is 10.7. The Morgan fingerprint density at radius 2 is 1.84 bits per heavy atom. The first-order chi connectivity index (χ1) is 15.2. The molecule has 0 saturated heterocycles. The SMILES string of the molecule is CC1CCc2c(sc(NC(=O)c3cccc(NS(=O)(=O)c4ccccc4)c3)c2C(N)=O)C1. The summed E-state index contributed by atoms with van der Waals surface area (Å²) in [5.41, 5.74) is 7.45. The standard InChI is InChI=1S/C23H23N3O4S2/c1-14-10-11-18-19(12-14)31-23(20(18)21(24)27)25-22(28)15-6-5-7-16(13-15)26-32(29,30)17-8-3-2-4-9-17/h2-9,13-14,26H,10-12H2,1H3,(H2,24,27)(H,25,28). The highest BCUT2D eigenvalue weighted by Gasteiger charge is 2.27. The Bertz CT molecular complexity index is 1280. The number of thiophene rings is 1. The van der Waals surface area contributed by atoms with Crippen molar-refractivity contribution in [3.63, 3.8) is 0 Å². The van der Waals surface area contributed by atoms with Gasteiger partial charge in [0.05, 0.1) is 10.5 Å². The van der Waals surface area contributed by atoms with Crippen LogP contribution in [0.25, 0.3) is 0 Å². The van der Waals surface area contributed by atoms with Crippen LogP contribution in [0.5, 0.6) is 0 Å². The van der Waals surface area contributed by atoms with Crippen molar-refractivity contribution in [2.75, 3.05) is 10.0 Å². The summed E-state index contributed by atoms with van der Waals surface area (Å²) in [6.07, 6.45) is 2.59. The molecule has 2 aromatic carbocycles. The number of amides is 2. The smallest absolute Gasteiger partial charge is 0.261 e. The Morgan fingerprint density at radius 3 is 2.56 bits per heavy atom. The minimum absolute atomic E-state index is 0.124. The van der Waals surface area contributed by atoms with Gasteiger partial charge in [-0.1, -0.05) is 31.2 Å². The van der Waals surface area contributed by atoms with Crippen molar-refractivity contribution < 1.29 is 18.0 Å². The number of carbonyl (C=O) groups excluding carboxylic acids is 2. The molecular formula is C23H23N3O4S2. The molecule has 1 aliphatic carbocycles. The zero-order chi connectivity index (χ0) is 22.9. The lowest BCUT2D eigenvalue weighted by Crippen LogP contribution is -2.19. The van der Waals surface area contributed by atoms with Crippen LogP contribution in [0.1, 0.15) is 44.5 Å². The number of benzene rings is 2. The molecule has 1 heterocycles. The molecule has 1 aromatic heterocycles. The summed E-state index contributed by atoms with van der Waals surface area (Å²) in [5.74, 6) is -0.489. The van der Waals surface area contributed by atoms with E-state index in [1.54, 1.807) is 36.4 Å². The average Bonchev–Trinajstić information content (AvgIpc) is 3.11. The van der Waals surface area contributed by atoms with Crippen LogP contribution in [0.4, 0.5) is 10.7 Å². The maximum absolute atomic E-state index is 12.9. The molecule has 9 heteroatoms. The molecule has 0 aliphatic heterocycles. The number of sulfonamides is 1. The maximum atomic E-state index is 12.9. The Hall–Kier alpha value is -3.17. The Kier molecular flexibility index (Phi) is 6.03. The van der Waals surface area contributed by atoms with E-state index in [1.165, 1.54) is 29.5 Å². The number of rotatable bonds is 6. The van der Waals surface area contributed by atoms with Crippen molar-refractivity contribution in [3.8, 4) is 0 Å². The highest BCUT2D eigenvalue weighted by Crippen LogP contribution is 2.39. The molecule has 32 heavy (non-hydrogen) atoms. The molecule has 1 atom stereocenters. The van der Waals surface area contributed by atoms with Crippen LogP contribution in [0.3, 0.4) is 0 Å². The van der Waals surface area contributed by atoms with Crippen molar-refractivity contribution in [2.24, 2.45) is 11.7 Å². The predicted molar refractivity (Wildman–Crippen MR) is 126 cm³/mol. The molecule has 166 valence electrons. The number of anilines is 2. The fourth-order valence-corrected chi connectivity index (χ4v) is 6.29. The Morgan fingerprint density at radius 1 is 1.09 bits per heavy atom. The molecule has 0 radical (unpaired) electrons. The van der Waals surface area contributed by atoms with E-state index in [-0.39, 0.29) is 16.1 Å². The number of hydrogen-bond donors (Lipinski definition) is 3. The number of nitrogens with two attached hydrogens (primary N) is 1. The molecule has 1 unspecified atom stereocenters. The van der Waals surface area contributed by atoms with Gasteiger partial charge in [-0.25, -0.2) is 8.42 Å². The van der Waals surface area contributed by atoms with Crippen LogP contribution < -0.4 is 15.8 Å². The summed E-state index contributed by atoms with van der Waals surface area (Å²) in [4.78, 5) is 26.2. The van der Waals surface area contributed by atoms with Gasteiger partial charge in [0.25, 0.3) is 21.8 Å². The second kappa shape index (κ2) is 8.76. The topological polar surface area (TPSA) is 118 Å². The number of carbonyl (C=O) groups is 2. The molecule has 0 bridgehead atoms. The Labute approximate surface area is 190 Å². The van der Waals surface area contributed by atoms with Gasteiger partial charge in [0.2, 0.25) is 0 Å². The molecule has 0 spiro atoms. The van der Waals surface area contributed by atoms with Crippen molar-refractivity contribution in [1.82, 2.24) is 0 Å². The number of fused-ring (bicyclic) bond motifs is 1. The highest BCUT2D eigenvalue weighted by atomic mass is 32.2. The molecule has 4 rings (SSSR count). The van der Waals surface area contributed by atoms with E-state index in [4.69, 9.17) is 5.73 Å². The van der Waals surface area contributed by atoms with Crippen molar-refractivity contribution in [2.45, 2.75) is 31.1 Å². The van der Waals surface area contributed by atoms with Crippen LogP contribution in [-0.2, 0) is 22.9 Å². The number of nitrogens with one attached hydrogen (secondary N) is 2. The molecule has 7 nitrogen and oxygen atoms in total. The van der Waals surface area contributed by atoms with E-state index >= 15 is 0 Å². The van der Waals surface area contributed by atoms with E-state index in [2.05, 4.69) is 17.0 Å². The fourth-order valence-electron chi connectivity index (χ4n) is 3.81. The van der Waals surface area contributed by atoms with Crippen molar-refractivity contribution in [3.05, 3.63) is 76.2 Å². The first kappa shape index (κ1) is 22.0.